The zero-order valence-corrected chi connectivity index (χ0v) is 15.6. The molecule has 0 spiro atoms. The number of fused-ring (bicyclic) bond motifs is 1. The van der Waals surface area contributed by atoms with Gasteiger partial charge in [-0.2, -0.15) is 0 Å². The molecule has 0 unspecified atom stereocenters. The van der Waals surface area contributed by atoms with Crippen LogP contribution in [0, 0.1) is 0 Å². The molecule has 0 saturated heterocycles. The van der Waals surface area contributed by atoms with Crippen molar-refractivity contribution < 1.29 is 0 Å². The highest BCUT2D eigenvalue weighted by atomic mass is 16.2. The Morgan fingerprint density at radius 1 is 0.821 bits per heavy atom. The van der Waals surface area contributed by atoms with Crippen molar-refractivity contribution in [2.75, 3.05) is 0 Å². The first kappa shape index (κ1) is 18.0. The Morgan fingerprint density at radius 3 is 2.39 bits per heavy atom. The average molecular weight is 374 g/mol. The molecule has 0 fully saturated rings. The lowest BCUT2D eigenvalue weighted by atomic mass is 10.1. The maximum Gasteiger partial charge on any atom is 0.331 e. The molecule has 4 rings (SSSR count). The van der Waals surface area contributed by atoms with E-state index in [-0.39, 0.29) is 11.2 Å². The summed E-state index contributed by atoms with van der Waals surface area (Å²) in [7, 11) is 0. The van der Waals surface area contributed by atoms with E-state index in [0.717, 1.165) is 18.5 Å². The minimum atomic E-state index is -0.245. The Labute approximate surface area is 162 Å². The number of aryl methyl sites for hydroxylation is 3. The Morgan fingerprint density at radius 2 is 1.61 bits per heavy atom. The second-order valence-electron chi connectivity index (χ2n) is 6.80. The van der Waals surface area contributed by atoms with Crippen LogP contribution in [0.2, 0.25) is 0 Å². The Kier molecular flexibility index (Phi) is 5.19. The molecule has 2 aromatic heterocycles. The van der Waals surface area contributed by atoms with E-state index in [4.69, 9.17) is 0 Å². The first-order chi connectivity index (χ1) is 13.7. The molecule has 0 aliphatic carbocycles. The summed E-state index contributed by atoms with van der Waals surface area (Å²) in [6.45, 7) is 1.68. The predicted octanol–water partition coefficient (Wildman–Crippen LogP) is 2.69. The molecule has 2 heterocycles. The molecule has 0 saturated carbocycles. The van der Waals surface area contributed by atoms with Crippen LogP contribution in [0.1, 0.15) is 12.0 Å². The van der Waals surface area contributed by atoms with Crippen molar-refractivity contribution in [1.82, 2.24) is 18.7 Å². The number of hydrogen-bond acceptors (Lipinski definition) is 3. The fraction of sp³-hybridized carbons (Fsp3) is 0.227. The zero-order chi connectivity index (χ0) is 19.3. The fourth-order valence-corrected chi connectivity index (χ4v) is 3.50. The predicted molar refractivity (Wildman–Crippen MR) is 109 cm³/mol. The lowest BCUT2D eigenvalue weighted by molar-refractivity contribution is 0.523. The van der Waals surface area contributed by atoms with Crippen LogP contribution in [0.4, 0.5) is 0 Å². The molecule has 28 heavy (non-hydrogen) atoms. The van der Waals surface area contributed by atoms with Crippen molar-refractivity contribution in [2.24, 2.45) is 0 Å². The first-order valence-electron chi connectivity index (χ1n) is 9.46. The van der Waals surface area contributed by atoms with Gasteiger partial charge in [-0.1, -0.05) is 42.5 Å². The second kappa shape index (κ2) is 8.08. The van der Waals surface area contributed by atoms with Crippen LogP contribution in [0.5, 0.6) is 0 Å². The number of para-hydroxylation sites is 1. The van der Waals surface area contributed by atoms with E-state index in [0.29, 0.717) is 30.4 Å². The highest BCUT2D eigenvalue weighted by Crippen LogP contribution is 2.09. The molecule has 0 aliphatic rings. The molecule has 0 aliphatic heterocycles. The lowest BCUT2D eigenvalue weighted by Crippen LogP contribution is -2.40. The molecule has 0 bridgehead atoms. The van der Waals surface area contributed by atoms with Gasteiger partial charge in [0.1, 0.15) is 0 Å². The molecule has 6 heteroatoms. The number of nitrogens with zero attached hydrogens (tertiary/aromatic N) is 4. The average Bonchev–Trinajstić information content (AvgIpc) is 3.25. The van der Waals surface area contributed by atoms with Crippen LogP contribution >= 0.6 is 0 Å². The smallest absolute Gasteiger partial charge is 0.331 e. The van der Waals surface area contributed by atoms with Crippen LogP contribution in [-0.2, 0) is 26.1 Å². The van der Waals surface area contributed by atoms with Crippen LogP contribution in [-0.4, -0.2) is 18.7 Å². The van der Waals surface area contributed by atoms with Gasteiger partial charge in [0, 0.05) is 32.0 Å². The minimum absolute atomic E-state index is 0.220. The van der Waals surface area contributed by atoms with E-state index in [2.05, 4.69) is 4.98 Å². The summed E-state index contributed by atoms with van der Waals surface area (Å²) in [5, 5.41) is 0.581. The van der Waals surface area contributed by atoms with E-state index >= 15 is 0 Å². The summed E-state index contributed by atoms with van der Waals surface area (Å²) in [5.41, 5.74) is 1.33. The number of benzene rings is 2. The third-order valence-electron chi connectivity index (χ3n) is 4.96. The largest absolute Gasteiger partial charge is 0.337 e. The van der Waals surface area contributed by atoms with Gasteiger partial charge in [0.2, 0.25) is 0 Å². The molecule has 2 aromatic carbocycles. The van der Waals surface area contributed by atoms with Gasteiger partial charge in [0.25, 0.3) is 5.56 Å². The molecule has 142 valence electrons. The maximum absolute atomic E-state index is 13.1. The first-order valence-corrected chi connectivity index (χ1v) is 9.46. The molecular formula is C22H22N4O2. The standard InChI is InChI=1S/C22H22N4O2/c27-21-19-9-4-5-10-20(19)25(14-6-13-24-16-12-23-17-24)22(28)26(21)15-11-18-7-2-1-3-8-18/h1-5,7-10,12,16-17H,6,11,13-15H2. The number of aromatic nitrogens is 4. The molecule has 0 radical (unpaired) electrons. The lowest BCUT2D eigenvalue weighted by Gasteiger charge is -2.14. The van der Waals surface area contributed by atoms with Gasteiger partial charge < -0.3 is 4.57 Å². The van der Waals surface area contributed by atoms with E-state index in [9.17, 15) is 9.59 Å². The summed E-state index contributed by atoms with van der Waals surface area (Å²) in [5.74, 6) is 0. The van der Waals surface area contributed by atoms with Crippen molar-refractivity contribution in [3.05, 3.63) is 99.7 Å². The van der Waals surface area contributed by atoms with E-state index < -0.39 is 0 Å². The highest BCUT2D eigenvalue weighted by Gasteiger charge is 2.12. The summed E-state index contributed by atoms with van der Waals surface area (Å²) >= 11 is 0. The molecule has 6 nitrogen and oxygen atoms in total. The van der Waals surface area contributed by atoms with Crippen molar-refractivity contribution >= 4 is 10.9 Å². The SMILES string of the molecule is O=c1c2ccccc2n(CCCn2ccnc2)c(=O)n1CCc1ccccc1. The maximum atomic E-state index is 13.1. The van der Waals surface area contributed by atoms with Gasteiger partial charge in [-0.25, -0.2) is 9.78 Å². The van der Waals surface area contributed by atoms with E-state index in [1.165, 1.54) is 4.57 Å². The third-order valence-corrected chi connectivity index (χ3v) is 4.96. The van der Waals surface area contributed by atoms with E-state index in [1.54, 1.807) is 23.2 Å². The van der Waals surface area contributed by atoms with Crippen LogP contribution < -0.4 is 11.2 Å². The summed E-state index contributed by atoms with van der Waals surface area (Å²) < 4.78 is 5.07. The Hall–Kier alpha value is -3.41. The van der Waals surface area contributed by atoms with Gasteiger partial charge in [-0.3, -0.25) is 13.9 Å². The normalized spacial score (nSPS) is 11.1. The molecule has 0 amide bonds. The Bertz CT molecular complexity index is 1170. The highest BCUT2D eigenvalue weighted by molar-refractivity contribution is 5.77. The van der Waals surface area contributed by atoms with Crippen molar-refractivity contribution in [1.29, 1.82) is 0 Å². The Balaban J connectivity index is 1.67. The van der Waals surface area contributed by atoms with E-state index in [1.807, 2.05) is 59.3 Å². The summed E-state index contributed by atoms with van der Waals surface area (Å²) in [6.07, 6.45) is 6.83. The number of imidazole rings is 1. The van der Waals surface area contributed by atoms with Crippen molar-refractivity contribution in [2.45, 2.75) is 32.5 Å². The monoisotopic (exact) mass is 374 g/mol. The van der Waals surface area contributed by atoms with Gasteiger partial charge in [-0.05, 0) is 30.5 Å². The molecular weight excluding hydrogens is 352 g/mol. The topological polar surface area (TPSA) is 61.8 Å². The van der Waals surface area contributed by atoms with Gasteiger partial charge >= 0.3 is 5.69 Å². The van der Waals surface area contributed by atoms with Crippen LogP contribution in [0.25, 0.3) is 10.9 Å². The number of hydrogen-bond donors (Lipinski definition) is 0. The third kappa shape index (κ3) is 3.67. The second-order valence-corrected chi connectivity index (χ2v) is 6.80. The van der Waals surface area contributed by atoms with Gasteiger partial charge in [0.15, 0.2) is 0 Å². The fourth-order valence-electron chi connectivity index (χ4n) is 3.50. The molecule has 4 aromatic rings. The van der Waals surface area contributed by atoms with Crippen LogP contribution in [0.15, 0.2) is 82.9 Å². The number of rotatable bonds is 7. The quantitative estimate of drug-likeness (QED) is 0.500. The van der Waals surface area contributed by atoms with Gasteiger partial charge in [-0.15, -0.1) is 0 Å². The van der Waals surface area contributed by atoms with Crippen molar-refractivity contribution in [3.8, 4) is 0 Å². The zero-order valence-electron chi connectivity index (χ0n) is 15.6. The van der Waals surface area contributed by atoms with Crippen molar-refractivity contribution in [3.63, 3.8) is 0 Å². The summed E-state index contributed by atoms with van der Waals surface area (Å²) in [6, 6.07) is 17.2. The minimum Gasteiger partial charge on any atom is -0.337 e. The molecule has 0 N–H and O–H groups in total. The van der Waals surface area contributed by atoms with Gasteiger partial charge in [0.05, 0.1) is 17.2 Å². The summed E-state index contributed by atoms with van der Waals surface area (Å²) in [4.78, 5) is 30.1. The molecule has 0 atom stereocenters. The van der Waals surface area contributed by atoms with Crippen LogP contribution in [0.3, 0.4) is 0 Å².